The Labute approximate surface area is 396 Å². The number of benzene rings is 2. The van der Waals surface area contributed by atoms with Gasteiger partial charge in [0.25, 0.3) is 0 Å². The largest absolute Gasteiger partial charge is 0.358 e. The Hall–Kier alpha value is -6.50. The Bertz CT molecular complexity index is 3370. The first-order chi connectivity index (χ1) is 32.7. The number of anilines is 4. The summed E-state index contributed by atoms with van der Waals surface area (Å²) in [5, 5.41) is 24.4. The third kappa shape index (κ3) is 9.62. The predicted octanol–water partition coefficient (Wildman–Crippen LogP) is 8.20. The second-order valence-corrected chi connectivity index (χ2v) is 22.1. The molecule has 0 amide bonds. The summed E-state index contributed by atoms with van der Waals surface area (Å²) in [6, 6.07) is 22.0. The summed E-state index contributed by atoms with van der Waals surface area (Å²) in [5.74, 6) is 0.809. The maximum Gasteiger partial charge on any atom is 0.177 e. The van der Waals surface area contributed by atoms with Crippen LogP contribution in [-0.2, 0) is 69.4 Å². The molecule has 0 spiro atoms. The van der Waals surface area contributed by atoms with E-state index in [4.69, 9.17) is 19.7 Å². The van der Waals surface area contributed by atoms with Crippen molar-refractivity contribution in [1.82, 2.24) is 39.9 Å². The summed E-state index contributed by atoms with van der Waals surface area (Å²) in [7, 11) is -6.81. The highest BCUT2D eigenvalue weighted by atomic mass is 32.2. The average molecular weight is 952 g/mol. The number of aliphatic imine (C=N–C) groups is 1. The van der Waals surface area contributed by atoms with Gasteiger partial charge in [-0.15, -0.1) is 0 Å². The zero-order valence-corrected chi connectivity index (χ0v) is 40.2. The highest BCUT2D eigenvalue weighted by molar-refractivity contribution is 7.91. The molecule has 0 radical (unpaired) electrons. The number of ether oxygens (including phenoxy) is 1. The van der Waals surface area contributed by atoms with E-state index in [9.17, 15) is 16.8 Å². The SMILES string of the molecule is CC1=Nc2c(Nc3ccccc3S(C)(=O)=O)cc(Cc3cc4c(nn3)CCC4)nc2C1.Cc1nc2c(Nc3ccccc3S(C)(=O)=O)cc(Cc3cc4c(nn3)CCC4)nc2n1C1CCCCO1. The summed E-state index contributed by atoms with van der Waals surface area (Å²) in [6.45, 7) is 4.64. The number of para-hydroxylation sites is 2. The minimum atomic E-state index is -3.43. The van der Waals surface area contributed by atoms with E-state index in [0.29, 0.717) is 48.4 Å². The molecular weight excluding hydrogens is 899 g/mol. The third-order valence-electron chi connectivity index (χ3n) is 12.7. The second kappa shape index (κ2) is 18.5. The fourth-order valence-corrected chi connectivity index (χ4v) is 11.3. The number of sulfone groups is 2. The zero-order valence-electron chi connectivity index (χ0n) is 38.6. The van der Waals surface area contributed by atoms with Crippen LogP contribution >= 0.6 is 0 Å². The van der Waals surface area contributed by atoms with E-state index in [-0.39, 0.29) is 16.0 Å². The van der Waals surface area contributed by atoms with Crippen molar-refractivity contribution in [2.45, 2.75) is 107 Å². The number of hydrogen-bond donors (Lipinski definition) is 2. The lowest BCUT2D eigenvalue weighted by Crippen LogP contribution is -2.19. The first kappa shape index (κ1) is 45.3. The van der Waals surface area contributed by atoms with Crippen LogP contribution in [0.2, 0.25) is 0 Å². The zero-order chi connectivity index (χ0) is 47.2. The van der Waals surface area contributed by atoms with Crippen molar-refractivity contribution in [2.24, 2.45) is 4.99 Å². The van der Waals surface area contributed by atoms with Crippen LogP contribution in [0.5, 0.6) is 0 Å². The Morgan fingerprint density at radius 1 is 0.618 bits per heavy atom. The van der Waals surface area contributed by atoms with Gasteiger partial charge in [0.05, 0.1) is 66.7 Å². The van der Waals surface area contributed by atoms with Crippen molar-refractivity contribution in [3.8, 4) is 0 Å². The van der Waals surface area contributed by atoms with E-state index in [1.54, 1.807) is 36.4 Å². The number of imidazole rings is 1. The summed E-state index contributed by atoms with van der Waals surface area (Å²) in [6.07, 6.45) is 13.4. The van der Waals surface area contributed by atoms with Crippen molar-refractivity contribution < 1.29 is 21.6 Å². The van der Waals surface area contributed by atoms with Gasteiger partial charge >= 0.3 is 0 Å². The predicted molar refractivity (Wildman–Crippen MR) is 261 cm³/mol. The highest BCUT2D eigenvalue weighted by Gasteiger charge is 2.26. The molecule has 5 aromatic heterocycles. The number of fused-ring (bicyclic) bond motifs is 4. The molecule has 2 aliphatic heterocycles. The maximum atomic E-state index is 12.5. The molecule has 7 heterocycles. The van der Waals surface area contributed by atoms with Crippen molar-refractivity contribution in [3.63, 3.8) is 0 Å². The van der Waals surface area contributed by atoms with Crippen molar-refractivity contribution in [1.29, 1.82) is 0 Å². The molecule has 4 aliphatic rings. The molecule has 16 nitrogen and oxygen atoms in total. The van der Waals surface area contributed by atoms with Gasteiger partial charge in [-0.25, -0.2) is 26.8 Å². The monoisotopic (exact) mass is 951 g/mol. The standard InChI is InChI=1S/C27H30N6O3S.C23H23N5O2S/c1-17-28-26-23(30-22-9-3-4-11-24(22)37(2,34)35)16-19(15-20-14-18-8-7-10-21(18)32-31-20)29-27(26)33(17)25-12-5-6-13-36-25;1-14-10-20-23(24-14)21(26-19-7-3-4-9-22(19)31(2,29)30)13-16(25-20)12-17-11-15-6-5-8-18(15)28-27-17/h3-4,9,11,14,16,25H,5-8,10,12-13,15H2,1-2H3,(H,29,30);3-4,7,9,11,13H,5-6,8,10,12H2,1-2H3,(H,25,26). The van der Waals surface area contributed by atoms with E-state index < -0.39 is 19.7 Å². The normalized spacial score (nSPS) is 16.4. The van der Waals surface area contributed by atoms with Crippen LogP contribution in [0.3, 0.4) is 0 Å². The Balaban J connectivity index is 0.000000161. The van der Waals surface area contributed by atoms with Gasteiger partial charge in [-0.1, -0.05) is 24.3 Å². The summed E-state index contributed by atoms with van der Waals surface area (Å²) < 4.78 is 57.6. The number of aryl methyl sites for hydroxylation is 5. The minimum absolute atomic E-state index is 0.127. The molecule has 0 saturated carbocycles. The van der Waals surface area contributed by atoms with Gasteiger partial charge in [0.1, 0.15) is 23.3 Å². The third-order valence-corrected chi connectivity index (χ3v) is 15.1. The van der Waals surface area contributed by atoms with Crippen LogP contribution in [0.25, 0.3) is 11.2 Å². The summed E-state index contributed by atoms with van der Waals surface area (Å²) >= 11 is 0. The number of nitrogens with zero attached hydrogens (tertiary/aromatic N) is 9. The Kier molecular flexibility index (Phi) is 12.3. The molecule has 1 saturated heterocycles. The quantitative estimate of drug-likeness (QED) is 0.125. The van der Waals surface area contributed by atoms with Crippen LogP contribution < -0.4 is 10.6 Å². The van der Waals surface area contributed by atoms with Crippen molar-refractivity contribution in [2.75, 3.05) is 29.8 Å². The van der Waals surface area contributed by atoms with E-state index >= 15 is 0 Å². The number of nitrogens with one attached hydrogen (secondary N) is 2. The van der Waals surface area contributed by atoms with Gasteiger partial charge in [0, 0.05) is 49.8 Å². The van der Waals surface area contributed by atoms with Gasteiger partial charge < -0.3 is 15.4 Å². The number of rotatable bonds is 11. The summed E-state index contributed by atoms with van der Waals surface area (Å²) in [4.78, 5) is 19.8. The van der Waals surface area contributed by atoms with E-state index in [0.717, 1.165) is 126 Å². The lowest BCUT2D eigenvalue weighted by Gasteiger charge is -2.25. The van der Waals surface area contributed by atoms with Gasteiger partial charge in [-0.05, 0) is 131 Å². The van der Waals surface area contributed by atoms with Gasteiger partial charge in [0.15, 0.2) is 25.3 Å². The summed E-state index contributed by atoms with van der Waals surface area (Å²) in [5.41, 5.74) is 14.7. The molecule has 1 fully saturated rings. The molecular formula is C50H53N11O5S2. The number of aromatic nitrogens is 8. The molecule has 2 aromatic carbocycles. The smallest absolute Gasteiger partial charge is 0.177 e. The molecule has 11 rings (SSSR count). The van der Waals surface area contributed by atoms with E-state index in [1.807, 2.05) is 38.1 Å². The molecule has 2 aliphatic carbocycles. The molecule has 68 heavy (non-hydrogen) atoms. The molecule has 2 N–H and O–H groups in total. The van der Waals surface area contributed by atoms with Crippen LogP contribution in [0, 0.1) is 6.92 Å². The van der Waals surface area contributed by atoms with E-state index in [2.05, 4.69) is 52.7 Å². The van der Waals surface area contributed by atoms with Crippen molar-refractivity contribution in [3.05, 3.63) is 130 Å². The van der Waals surface area contributed by atoms with Crippen LogP contribution in [0.15, 0.2) is 87.6 Å². The molecule has 18 heteroatoms. The second-order valence-electron chi connectivity index (χ2n) is 18.1. The molecule has 1 atom stereocenters. The fourth-order valence-electron chi connectivity index (χ4n) is 9.61. The molecule has 1 unspecified atom stereocenters. The van der Waals surface area contributed by atoms with Crippen LogP contribution in [0.4, 0.5) is 28.4 Å². The first-order valence-corrected chi connectivity index (χ1v) is 26.9. The fraction of sp³-hybridized carbons (Fsp3) is 0.360. The average Bonchev–Trinajstić information content (AvgIpc) is 4.12. The van der Waals surface area contributed by atoms with Gasteiger partial charge in [0.2, 0.25) is 0 Å². The maximum absolute atomic E-state index is 12.5. The number of pyridine rings is 2. The lowest BCUT2D eigenvalue weighted by atomic mass is 10.1. The van der Waals surface area contributed by atoms with Crippen LogP contribution in [0.1, 0.15) is 102 Å². The topological polar surface area (TPSA) is 209 Å². The highest BCUT2D eigenvalue weighted by Crippen LogP contribution is 2.38. The van der Waals surface area contributed by atoms with Crippen molar-refractivity contribution >= 4 is 65.0 Å². The van der Waals surface area contributed by atoms with Crippen LogP contribution in [-0.4, -0.2) is 81.6 Å². The van der Waals surface area contributed by atoms with Gasteiger partial charge in [-0.3, -0.25) is 14.5 Å². The van der Waals surface area contributed by atoms with E-state index in [1.165, 1.54) is 23.6 Å². The van der Waals surface area contributed by atoms with Gasteiger partial charge in [-0.2, -0.15) is 20.4 Å². The minimum Gasteiger partial charge on any atom is -0.358 e. The molecule has 350 valence electrons. The number of hydrogen-bond acceptors (Lipinski definition) is 15. The lowest BCUT2D eigenvalue weighted by molar-refractivity contribution is -0.0309. The molecule has 7 aromatic rings. The Morgan fingerprint density at radius 2 is 1.19 bits per heavy atom. The molecule has 0 bridgehead atoms. The first-order valence-electron chi connectivity index (χ1n) is 23.1. The Morgan fingerprint density at radius 3 is 1.78 bits per heavy atom.